The minimum Gasteiger partial charge on any atom is -0.330 e. The third-order valence-electron chi connectivity index (χ3n) is 2.34. The number of halogens is 1. The lowest BCUT2D eigenvalue weighted by Gasteiger charge is -2.07. The zero-order valence-electron chi connectivity index (χ0n) is 10.0. The van der Waals surface area contributed by atoms with E-state index in [1.54, 1.807) is 0 Å². The number of unbranched alkanes of at least 4 members (excludes halogenated alkanes) is 1. The lowest BCUT2D eigenvalue weighted by Crippen LogP contribution is -2.26. The third-order valence-corrected chi connectivity index (χ3v) is 3.84. The predicted octanol–water partition coefficient (Wildman–Crippen LogP) is 0.751. The molecule has 0 atom stereocenters. The van der Waals surface area contributed by atoms with Gasteiger partial charge in [-0.2, -0.15) is 4.39 Å². The van der Waals surface area contributed by atoms with Crippen molar-refractivity contribution in [2.24, 2.45) is 5.73 Å². The van der Waals surface area contributed by atoms with E-state index in [0.717, 1.165) is 18.2 Å². The number of benzene rings is 1. The van der Waals surface area contributed by atoms with Crippen molar-refractivity contribution < 1.29 is 17.7 Å². The van der Waals surface area contributed by atoms with E-state index in [4.69, 9.17) is 5.73 Å². The van der Waals surface area contributed by atoms with Crippen LogP contribution in [0.1, 0.15) is 12.8 Å². The monoisotopic (exact) mass is 291 g/mol. The van der Waals surface area contributed by atoms with Crippen LogP contribution >= 0.6 is 0 Å². The fourth-order valence-corrected chi connectivity index (χ4v) is 2.70. The zero-order chi connectivity index (χ0) is 14.5. The summed E-state index contributed by atoms with van der Waals surface area (Å²) < 4.78 is 39.2. The molecule has 0 fully saturated rings. The first kappa shape index (κ1) is 15.5. The van der Waals surface area contributed by atoms with Gasteiger partial charge in [0.2, 0.25) is 15.8 Å². The highest BCUT2D eigenvalue weighted by molar-refractivity contribution is 7.89. The van der Waals surface area contributed by atoms with Crippen molar-refractivity contribution in [1.82, 2.24) is 4.72 Å². The molecule has 1 rings (SSSR count). The van der Waals surface area contributed by atoms with Gasteiger partial charge >= 0.3 is 5.69 Å². The van der Waals surface area contributed by atoms with E-state index in [0.29, 0.717) is 19.4 Å². The number of nitro groups is 1. The molecule has 106 valence electrons. The van der Waals surface area contributed by atoms with Gasteiger partial charge in [0.05, 0.1) is 4.92 Å². The number of hydrogen-bond donors (Lipinski definition) is 2. The van der Waals surface area contributed by atoms with Crippen molar-refractivity contribution in [3.05, 3.63) is 34.1 Å². The van der Waals surface area contributed by atoms with E-state index in [9.17, 15) is 22.9 Å². The normalized spacial score (nSPS) is 11.5. The number of nitro benzene ring substituents is 1. The molecule has 0 aliphatic rings. The highest BCUT2D eigenvalue weighted by atomic mass is 32.2. The van der Waals surface area contributed by atoms with Gasteiger partial charge in [0.25, 0.3) is 0 Å². The molecule has 1 aromatic carbocycles. The number of nitrogens with zero attached hydrogens (tertiary/aromatic N) is 1. The standard InChI is InChI=1S/C10H14FN3O4S/c11-8-4-3-5-9(10(8)14(15)16)19(17,18)13-7-2-1-6-12/h3-5,13H,1-2,6-7,12H2. The maximum Gasteiger partial charge on any atom is 0.324 e. The Labute approximate surface area is 109 Å². The highest BCUT2D eigenvalue weighted by Gasteiger charge is 2.28. The summed E-state index contributed by atoms with van der Waals surface area (Å²) in [5.74, 6) is -1.19. The largest absolute Gasteiger partial charge is 0.330 e. The Morgan fingerprint density at radius 1 is 1.37 bits per heavy atom. The number of nitrogens with one attached hydrogen (secondary N) is 1. The van der Waals surface area contributed by atoms with Crippen molar-refractivity contribution >= 4 is 15.7 Å². The molecular formula is C10H14FN3O4S. The molecular weight excluding hydrogens is 277 g/mol. The number of nitrogens with two attached hydrogens (primary N) is 1. The second-order valence-corrected chi connectivity index (χ2v) is 5.47. The number of para-hydroxylation sites is 1. The van der Waals surface area contributed by atoms with Crippen LogP contribution in [0.5, 0.6) is 0 Å². The molecule has 0 saturated heterocycles. The number of sulfonamides is 1. The average molecular weight is 291 g/mol. The summed E-state index contributed by atoms with van der Waals surface area (Å²) in [6.45, 7) is 0.509. The number of hydrogen-bond acceptors (Lipinski definition) is 5. The SMILES string of the molecule is NCCCCNS(=O)(=O)c1cccc(F)c1[N+](=O)[O-]. The summed E-state index contributed by atoms with van der Waals surface area (Å²) in [6, 6.07) is 2.94. The Hall–Kier alpha value is -1.58. The van der Waals surface area contributed by atoms with Gasteiger partial charge in [0.15, 0.2) is 4.90 Å². The molecule has 0 radical (unpaired) electrons. The summed E-state index contributed by atoms with van der Waals surface area (Å²) >= 11 is 0. The highest BCUT2D eigenvalue weighted by Crippen LogP contribution is 2.26. The van der Waals surface area contributed by atoms with Gasteiger partial charge in [-0.15, -0.1) is 0 Å². The summed E-state index contributed by atoms with van der Waals surface area (Å²) in [4.78, 5) is 8.99. The maximum absolute atomic E-state index is 13.3. The second kappa shape index (κ2) is 6.55. The van der Waals surface area contributed by atoms with E-state index < -0.39 is 31.3 Å². The molecule has 0 aromatic heterocycles. The van der Waals surface area contributed by atoms with Gasteiger partial charge < -0.3 is 5.73 Å². The van der Waals surface area contributed by atoms with Crippen LogP contribution in [0.4, 0.5) is 10.1 Å². The van der Waals surface area contributed by atoms with E-state index in [2.05, 4.69) is 4.72 Å². The first-order valence-corrected chi connectivity index (χ1v) is 7.01. The Balaban J connectivity index is 3.01. The molecule has 0 unspecified atom stereocenters. The Bertz CT molecular complexity index is 562. The molecule has 0 saturated carbocycles. The molecule has 0 spiro atoms. The molecule has 0 aliphatic carbocycles. The minimum atomic E-state index is -4.11. The Morgan fingerprint density at radius 2 is 2.05 bits per heavy atom. The summed E-state index contributed by atoms with van der Waals surface area (Å²) in [5.41, 5.74) is 4.21. The summed E-state index contributed by atoms with van der Waals surface area (Å²) in [5, 5.41) is 10.7. The topological polar surface area (TPSA) is 115 Å². The van der Waals surface area contributed by atoms with Gasteiger partial charge in [-0.1, -0.05) is 6.07 Å². The van der Waals surface area contributed by atoms with Crippen LogP contribution in [-0.4, -0.2) is 26.4 Å². The third kappa shape index (κ3) is 3.94. The first-order valence-electron chi connectivity index (χ1n) is 5.53. The van der Waals surface area contributed by atoms with E-state index >= 15 is 0 Å². The van der Waals surface area contributed by atoms with Crippen molar-refractivity contribution in [2.75, 3.05) is 13.1 Å². The maximum atomic E-state index is 13.3. The molecule has 3 N–H and O–H groups in total. The van der Waals surface area contributed by atoms with Gasteiger partial charge in [-0.05, 0) is 31.5 Å². The van der Waals surface area contributed by atoms with Crippen molar-refractivity contribution in [3.63, 3.8) is 0 Å². The van der Waals surface area contributed by atoms with Gasteiger partial charge in [0.1, 0.15) is 0 Å². The smallest absolute Gasteiger partial charge is 0.324 e. The molecule has 0 amide bonds. The average Bonchev–Trinajstić information content (AvgIpc) is 2.34. The van der Waals surface area contributed by atoms with Gasteiger partial charge in [-0.25, -0.2) is 13.1 Å². The molecule has 1 aromatic rings. The van der Waals surface area contributed by atoms with Crippen molar-refractivity contribution in [2.45, 2.75) is 17.7 Å². The zero-order valence-corrected chi connectivity index (χ0v) is 10.8. The van der Waals surface area contributed by atoms with Crippen LogP contribution < -0.4 is 10.5 Å². The second-order valence-electron chi connectivity index (χ2n) is 3.74. The van der Waals surface area contributed by atoms with E-state index in [-0.39, 0.29) is 6.54 Å². The predicted molar refractivity (Wildman–Crippen MR) is 66.5 cm³/mol. The van der Waals surface area contributed by atoms with Crippen LogP contribution in [0.3, 0.4) is 0 Å². The fraction of sp³-hybridized carbons (Fsp3) is 0.400. The van der Waals surface area contributed by atoms with Crippen LogP contribution in [0.2, 0.25) is 0 Å². The Morgan fingerprint density at radius 3 is 2.63 bits per heavy atom. The summed E-state index contributed by atoms with van der Waals surface area (Å²) in [6.07, 6.45) is 1.12. The van der Waals surface area contributed by atoms with Crippen LogP contribution in [0, 0.1) is 15.9 Å². The summed E-state index contributed by atoms with van der Waals surface area (Å²) in [7, 11) is -4.11. The van der Waals surface area contributed by atoms with Gasteiger partial charge in [-0.3, -0.25) is 10.1 Å². The fourth-order valence-electron chi connectivity index (χ4n) is 1.44. The number of rotatable bonds is 7. The van der Waals surface area contributed by atoms with Gasteiger partial charge in [0, 0.05) is 6.54 Å². The quantitative estimate of drug-likeness (QED) is 0.437. The molecule has 0 bridgehead atoms. The molecule has 7 nitrogen and oxygen atoms in total. The lowest BCUT2D eigenvalue weighted by molar-refractivity contribution is -0.390. The molecule has 9 heteroatoms. The lowest BCUT2D eigenvalue weighted by atomic mass is 10.3. The van der Waals surface area contributed by atoms with E-state index in [1.165, 1.54) is 0 Å². The van der Waals surface area contributed by atoms with Crippen LogP contribution in [0.25, 0.3) is 0 Å². The Kier molecular flexibility index (Phi) is 5.33. The van der Waals surface area contributed by atoms with Crippen LogP contribution in [-0.2, 0) is 10.0 Å². The first-order chi connectivity index (χ1) is 8.90. The van der Waals surface area contributed by atoms with E-state index in [1.807, 2.05) is 0 Å². The van der Waals surface area contributed by atoms with Crippen LogP contribution in [0.15, 0.2) is 23.1 Å². The molecule has 19 heavy (non-hydrogen) atoms. The van der Waals surface area contributed by atoms with Crippen molar-refractivity contribution in [3.8, 4) is 0 Å². The molecule has 0 heterocycles. The molecule has 0 aliphatic heterocycles. The minimum absolute atomic E-state index is 0.0905. The van der Waals surface area contributed by atoms with Crippen molar-refractivity contribution in [1.29, 1.82) is 0 Å².